The molecule has 2 rings (SSSR count). The highest BCUT2D eigenvalue weighted by Gasteiger charge is 2.30. The maximum absolute atomic E-state index is 12.2. The van der Waals surface area contributed by atoms with Crippen LogP contribution in [0.1, 0.15) is 0 Å². The number of nitrogens with zero attached hydrogens (tertiary/aromatic N) is 1. The minimum atomic E-state index is -2.99. The second kappa shape index (κ2) is 4.36. The van der Waals surface area contributed by atoms with E-state index in [1.165, 1.54) is 18.2 Å². The highest BCUT2D eigenvalue weighted by Crippen LogP contribution is 2.30. The average molecular weight is 242 g/mol. The molecule has 0 unspecified atom stereocenters. The summed E-state index contributed by atoms with van der Waals surface area (Å²) in [6, 6.07) is 5.13. The number of carbonyl (C=O) groups is 2. The van der Waals surface area contributed by atoms with E-state index in [1.807, 2.05) is 0 Å². The molecule has 7 heteroatoms. The minimum absolute atomic E-state index is 0.135. The van der Waals surface area contributed by atoms with Crippen molar-refractivity contribution in [3.05, 3.63) is 24.3 Å². The van der Waals surface area contributed by atoms with E-state index < -0.39 is 18.5 Å². The molecule has 0 bridgehead atoms. The number of benzene rings is 1. The monoisotopic (exact) mass is 242 g/mol. The summed E-state index contributed by atoms with van der Waals surface area (Å²) in [5.74, 6) is -0.630. The third-order valence-electron chi connectivity index (χ3n) is 2.17. The largest absolute Gasteiger partial charge is 0.433 e. The van der Waals surface area contributed by atoms with Crippen LogP contribution in [0.25, 0.3) is 0 Å². The van der Waals surface area contributed by atoms with E-state index in [0.29, 0.717) is 0 Å². The van der Waals surface area contributed by atoms with Gasteiger partial charge in [0, 0.05) is 0 Å². The first kappa shape index (κ1) is 11.3. The van der Waals surface area contributed by atoms with Crippen molar-refractivity contribution in [3.63, 3.8) is 0 Å². The molecule has 1 aliphatic heterocycles. The van der Waals surface area contributed by atoms with E-state index in [2.05, 4.69) is 10.1 Å². The fourth-order valence-electron chi connectivity index (χ4n) is 1.51. The fraction of sp³-hybridized carbons (Fsp3) is 0.200. The zero-order valence-electron chi connectivity index (χ0n) is 8.52. The maximum Gasteiger partial charge on any atom is 0.387 e. The SMILES string of the molecule is O=C1CN(c2ccccc2OC(F)F)C(=O)N1. The molecule has 3 amide bonds. The molecule has 1 N–H and O–H groups in total. The molecule has 90 valence electrons. The third kappa shape index (κ3) is 2.32. The van der Waals surface area contributed by atoms with Crippen molar-refractivity contribution in [2.24, 2.45) is 0 Å². The average Bonchev–Trinajstić information content (AvgIpc) is 2.58. The molecule has 1 fully saturated rings. The van der Waals surface area contributed by atoms with Crippen LogP contribution in [0.4, 0.5) is 19.3 Å². The number of hydrogen-bond donors (Lipinski definition) is 1. The number of anilines is 1. The van der Waals surface area contributed by atoms with Crippen molar-refractivity contribution >= 4 is 17.6 Å². The Hall–Kier alpha value is -2.18. The van der Waals surface area contributed by atoms with Gasteiger partial charge in [-0.05, 0) is 12.1 Å². The van der Waals surface area contributed by atoms with Gasteiger partial charge in [0.2, 0.25) is 5.91 Å². The first-order valence-corrected chi connectivity index (χ1v) is 4.73. The van der Waals surface area contributed by atoms with Crippen LogP contribution in [-0.2, 0) is 4.79 Å². The zero-order valence-corrected chi connectivity index (χ0v) is 8.52. The number of urea groups is 1. The smallest absolute Gasteiger partial charge is 0.387 e. The standard InChI is InChI=1S/C10H8F2N2O3/c11-9(12)17-7-4-2-1-3-6(7)14-5-8(15)13-10(14)16/h1-4,9H,5H2,(H,13,15,16). The molecule has 0 atom stereocenters. The summed E-state index contributed by atoms with van der Waals surface area (Å²) in [5.41, 5.74) is 0.135. The fourth-order valence-corrected chi connectivity index (χ4v) is 1.51. The molecule has 0 aliphatic carbocycles. The van der Waals surface area contributed by atoms with Gasteiger partial charge in [-0.1, -0.05) is 12.1 Å². The number of alkyl halides is 2. The summed E-state index contributed by atoms with van der Waals surface area (Å²) >= 11 is 0. The number of hydrogen-bond acceptors (Lipinski definition) is 3. The van der Waals surface area contributed by atoms with Crippen LogP contribution in [0, 0.1) is 0 Å². The first-order chi connectivity index (χ1) is 8.08. The third-order valence-corrected chi connectivity index (χ3v) is 2.17. The zero-order chi connectivity index (χ0) is 12.4. The molecule has 0 spiro atoms. The van der Waals surface area contributed by atoms with Crippen molar-refractivity contribution in [2.75, 3.05) is 11.4 Å². The van der Waals surface area contributed by atoms with Gasteiger partial charge in [0.05, 0.1) is 5.69 Å². The van der Waals surface area contributed by atoms with Crippen LogP contribution < -0.4 is 15.0 Å². The molecule has 17 heavy (non-hydrogen) atoms. The summed E-state index contributed by atoms with van der Waals surface area (Å²) in [4.78, 5) is 23.4. The Kier molecular flexibility index (Phi) is 2.90. The Labute approximate surface area is 95.0 Å². The number of rotatable bonds is 3. The van der Waals surface area contributed by atoms with Crippen molar-refractivity contribution in [1.29, 1.82) is 0 Å². The first-order valence-electron chi connectivity index (χ1n) is 4.73. The molecule has 0 aromatic heterocycles. The van der Waals surface area contributed by atoms with Gasteiger partial charge in [-0.3, -0.25) is 15.0 Å². The molecular formula is C10H8F2N2O3. The van der Waals surface area contributed by atoms with E-state index in [9.17, 15) is 18.4 Å². The summed E-state index contributed by atoms with van der Waals surface area (Å²) in [5, 5.41) is 2.05. The number of halogens is 2. The lowest BCUT2D eigenvalue weighted by molar-refractivity contribution is -0.117. The van der Waals surface area contributed by atoms with Gasteiger partial charge in [-0.2, -0.15) is 8.78 Å². The summed E-state index contributed by atoms with van der Waals surface area (Å²) < 4.78 is 28.6. The Bertz CT molecular complexity index is 465. The van der Waals surface area contributed by atoms with Crippen LogP contribution in [0.5, 0.6) is 5.75 Å². The van der Waals surface area contributed by atoms with Crippen molar-refractivity contribution in [2.45, 2.75) is 6.61 Å². The van der Waals surface area contributed by atoms with E-state index in [4.69, 9.17) is 0 Å². The van der Waals surface area contributed by atoms with Crippen LogP contribution in [-0.4, -0.2) is 25.1 Å². The number of imide groups is 1. The number of amides is 3. The van der Waals surface area contributed by atoms with Gasteiger partial charge in [-0.15, -0.1) is 0 Å². The Morgan fingerprint density at radius 3 is 2.59 bits per heavy atom. The van der Waals surface area contributed by atoms with Crippen molar-refractivity contribution < 1.29 is 23.1 Å². The number of ether oxygens (including phenoxy) is 1. The summed E-state index contributed by atoms with van der Waals surface area (Å²) in [6.45, 7) is -3.19. The van der Waals surface area contributed by atoms with Gasteiger partial charge >= 0.3 is 12.6 Å². The molecule has 1 aromatic rings. The molecule has 1 aromatic carbocycles. The van der Waals surface area contributed by atoms with Gasteiger partial charge in [0.25, 0.3) is 0 Å². The van der Waals surface area contributed by atoms with Crippen LogP contribution in [0.3, 0.4) is 0 Å². The van der Waals surface area contributed by atoms with E-state index in [0.717, 1.165) is 4.90 Å². The lowest BCUT2D eigenvalue weighted by Gasteiger charge is -2.17. The molecule has 1 saturated heterocycles. The second-order valence-corrected chi connectivity index (χ2v) is 3.29. The van der Waals surface area contributed by atoms with E-state index >= 15 is 0 Å². The Morgan fingerprint density at radius 1 is 1.29 bits per heavy atom. The maximum atomic E-state index is 12.2. The molecule has 5 nitrogen and oxygen atoms in total. The molecule has 1 heterocycles. The lowest BCUT2D eigenvalue weighted by atomic mass is 10.2. The van der Waals surface area contributed by atoms with Crippen LogP contribution in [0.2, 0.25) is 0 Å². The van der Waals surface area contributed by atoms with Gasteiger partial charge in [-0.25, -0.2) is 4.79 Å². The number of nitrogens with one attached hydrogen (secondary N) is 1. The number of carbonyl (C=O) groups excluding carboxylic acids is 2. The van der Waals surface area contributed by atoms with Crippen molar-refractivity contribution in [3.8, 4) is 5.75 Å². The minimum Gasteiger partial charge on any atom is -0.433 e. The topological polar surface area (TPSA) is 58.6 Å². The molecular weight excluding hydrogens is 234 g/mol. The van der Waals surface area contributed by atoms with Crippen LogP contribution in [0.15, 0.2) is 24.3 Å². The van der Waals surface area contributed by atoms with Gasteiger partial charge < -0.3 is 4.74 Å². The Balaban J connectivity index is 2.31. The molecule has 1 aliphatic rings. The number of para-hydroxylation sites is 2. The van der Waals surface area contributed by atoms with Crippen molar-refractivity contribution in [1.82, 2.24) is 5.32 Å². The lowest BCUT2D eigenvalue weighted by Crippen LogP contribution is -2.28. The van der Waals surface area contributed by atoms with E-state index in [1.54, 1.807) is 6.07 Å². The second-order valence-electron chi connectivity index (χ2n) is 3.29. The van der Waals surface area contributed by atoms with Gasteiger partial charge in [0.15, 0.2) is 0 Å². The van der Waals surface area contributed by atoms with Crippen LogP contribution >= 0.6 is 0 Å². The Morgan fingerprint density at radius 2 is 2.00 bits per heavy atom. The molecule has 0 radical (unpaired) electrons. The summed E-state index contributed by atoms with van der Waals surface area (Å²) in [6.07, 6.45) is 0. The predicted octanol–water partition coefficient (Wildman–Crippen LogP) is 1.34. The summed E-state index contributed by atoms with van der Waals surface area (Å²) in [7, 11) is 0. The normalized spacial score (nSPS) is 15.4. The van der Waals surface area contributed by atoms with E-state index in [-0.39, 0.29) is 18.0 Å². The predicted molar refractivity (Wildman–Crippen MR) is 54.0 cm³/mol. The highest BCUT2D eigenvalue weighted by molar-refractivity contribution is 6.12. The highest BCUT2D eigenvalue weighted by atomic mass is 19.3. The quantitative estimate of drug-likeness (QED) is 0.814. The molecule has 0 saturated carbocycles. The van der Waals surface area contributed by atoms with Gasteiger partial charge in [0.1, 0.15) is 12.3 Å².